The van der Waals surface area contributed by atoms with Gasteiger partial charge in [-0.1, -0.05) is 61.0 Å². The predicted octanol–water partition coefficient (Wildman–Crippen LogP) is 4.74. The monoisotopic (exact) mass is 328 g/mol. The van der Waals surface area contributed by atoms with Gasteiger partial charge in [-0.2, -0.15) is 0 Å². The van der Waals surface area contributed by atoms with Crippen molar-refractivity contribution in [1.29, 1.82) is 0 Å². The number of nitrogens with zero attached hydrogens (tertiary/aromatic N) is 1. The summed E-state index contributed by atoms with van der Waals surface area (Å²) < 4.78 is 0. The molecule has 2 nitrogen and oxygen atoms in total. The van der Waals surface area contributed by atoms with Gasteiger partial charge < -0.3 is 10.6 Å². The highest BCUT2D eigenvalue weighted by molar-refractivity contribution is 6.33. The summed E-state index contributed by atoms with van der Waals surface area (Å²) in [4.78, 5) is 2.50. The zero-order chi connectivity index (χ0) is 16.2. The van der Waals surface area contributed by atoms with Crippen molar-refractivity contribution in [3.8, 4) is 11.1 Å². The molecule has 0 radical (unpaired) electrons. The number of rotatable bonds is 4. The van der Waals surface area contributed by atoms with E-state index in [1.807, 2.05) is 18.2 Å². The Bertz CT molecular complexity index is 630. The van der Waals surface area contributed by atoms with Crippen molar-refractivity contribution in [2.75, 3.05) is 19.6 Å². The van der Waals surface area contributed by atoms with Gasteiger partial charge in [0.15, 0.2) is 0 Å². The highest BCUT2D eigenvalue weighted by atomic mass is 35.5. The molecule has 0 aromatic heterocycles. The third kappa shape index (κ3) is 3.77. The lowest BCUT2D eigenvalue weighted by molar-refractivity contribution is 0.176. The second kappa shape index (κ2) is 7.48. The fourth-order valence-electron chi connectivity index (χ4n) is 3.48. The van der Waals surface area contributed by atoms with E-state index >= 15 is 0 Å². The second-order valence-corrected chi connectivity index (χ2v) is 6.81. The van der Waals surface area contributed by atoms with E-state index in [-0.39, 0.29) is 6.04 Å². The maximum absolute atomic E-state index is 6.53. The van der Waals surface area contributed by atoms with Gasteiger partial charge in [-0.05, 0) is 55.6 Å². The average molecular weight is 329 g/mol. The first-order valence-corrected chi connectivity index (χ1v) is 8.89. The number of likely N-dealkylation sites (tertiary alicyclic amines) is 1. The lowest BCUT2D eigenvalue weighted by Gasteiger charge is -2.34. The van der Waals surface area contributed by atoms with Crippen molar-refractivity contribution in [2.45, 2.75) is 25.8 Å². The van der Waals surface area contributed by atoms with Gasteiger partial charge in [-0.15, -0.1) is 0 Å². The van der Waals surface area contributed by atoms with Crippen LogP contribution in [0.5, 0.6) is 0 Å². The molecule has 1 aliphatic rings. The van der Waals surface area contributed by atoms with E-state index < -0.39 is 0 Å². The van der Waals surface area contributed by atoms with Crippen molar-refractivity contribution in [3.63, 3.8) is 0 Å². The van der Waals surface area contributed by atoms with Crippen LogP contribution in [0.2, 0.25) is 5.02 Å². The van der Waals surface area contributed by atoms with Gasteiger partial charge >= 0.3 is 0 Å². The molecule has 1 heterocycles. The Kier molecular flexibility index (Phi) is 5.37. The van der Waals surface area contributed by atoms with Gasteiger partial charge in [0.25, 0.3) is 0 Å². The standard InChI is InChI=1S/C20H25ClN2/c1-2-23-13-11-17(12-14-23)20(22)16-9-7-15(8-10-16)18-5-3-4-6-19(18)21/h3-10,17,20H,2,11-14,22H2,1H3. The number of nitrogens with two attached hydrogens (primary N) is 1. The van der Waals surface area contributed by atoms with Gasteiger partial charge in [-0.25, -0.2) is 0 Å². The van der Waals surface area contributed by atoms with E-state index in [2.05, 4.69) is 42.2 Å². The number of hydrogen-bond donors (Lipinski definition) is 1. The predicted molar refractivity (Wildman–Crippen MR) is 98.7 cm³/mol. The molecule has 0 bridgehead atoms. The first-order chi connectivity index (χ1) is 11.2. The molecule has 2 aromatic carbocycles. The smallest absolute Gasteiger partial charge is 0.0484 e. The molecule has 0 aliphatic carbocycles. The third-order valence-electron chi connectivity index (χ3n) is 5.07. The molecule has 1 saturated heterocycles. The molecule has 2 aromatic rings. The van der Waals surface area contributed by atoms with Gasteiger partial charge in [0.05, 0.1) is 0 Å². The van der Waals surface area contributed by atoms with Crippen LogP contribution in [0.1, 0.15) is 31.4 Å². The van der Waals surface area contributed by atoms with Crippen LogP contribution in [-0.2, 0) is 0 Å². The Morgan fingerprint density at radius 1 is 1.09 bits per heavy atom. The summed E-state index contributed by atoms with van der Waals surface area (Å²) in [6.07, 6.45) is 2.39. The van der Waals surface area contributed by atoms with E-state index in [4.69, 9.17) is 17.3 Å². The van der Waals surface area contributed by atoms with Crippen LogP contribution in [0.4, 0.5) is 0 Å². The van der Waals surface area contributed by atoms with Gasteiger partial charge in [-0.3, -0.25) is 0 Å². The zero-order valence-corrected chi connectivity index (χ0v) is 14.5. The molecule has 23 heavy (non-hydrogen) atoms. The average Bonchev–Trinajstić information content (AvgIpc) is 2.62. The molecule has 0 spiro atoms. The van der Waals surface area contributed by atoms with E-state index in [1.54, 1.807) is 0 Å². The summed E-state index contributed by atoms with van der Waals surface area (Å²) in [5.74, 6) is 0.587. The molecule has 1 fully saturated rings. The minimum Gasteiger partial charge on any atom is -0.324 e. The number of piperidine rings is 1. The molecular formula is C20H25ClN2. The summed E-state index contributed by atoms with van der Waals surface area (Å²) in [6, 6.07) is 16.7. The number of halogens is 1. The fraction of sp³-hybridized carbons (Fsp3) is 0.400. The molecule has 0 amide bonds. The summed E-state index contributed by atoms with van der Waals surface area (Å²) in [7, 11) is 0. The van der Waals surface area contributed by atoms with Crippen LogP contribution in [-0.4, -0.2) is 24.5 Å². The highest BCUT2D eigenvalue weighted by Crippen LogP contribution is 2.32. The Morgan fingerprint density at radius 3 is 2.35 bits per heavy atom. The molecule has 3 rings (SSSR count). The molecule has 3 heteroatoms. The molecule has 1 atom stereocenters. The molecular weight excluding hydrogens is 304 g/mol. The van der Waals surface area contributed by atoms with E-state index in [1.165, 1.54) is 31.5 Å². The topological polar surface area (TPSA) is 29.3 Å². The molecule has 122 valence electrons. The first-order valence-electron chi connectivity index (χ1n) is 8.52. The van der Waals surface area contributed by atoms with Crippen LogP contribution < -0.4 is 5.73 Å². The minimum atomic E-state index is 0.134. The summed E-state index contributed by atoms with van der Waals surface area (Å²) in [6.45, 7) is 5.72. The lowest BCUT2D eigenvalue weighted by atomic mass is 9.85. The molecule has 0 saturated carbocycles. The molecule has 2 N–H and O–H groups in total. The molecule has 1 aliphatic heterocycles. The van der Waals surface area contributed by atoms with Crippen LogP contribution in [0.3, 0.4) is 0 Å². The summed E-state index contributed by atoms with van der Waals surface area (Å²) in [5, 5.41) is 0.788. The maximum atomic E-state index is 6.53. The van der Waals surface area contributed by atoms with E-state index in [9.17, 15) is 0 Å². The van der Waals surface area contributed by atoms with Crippen molar-refractivity contribution in [2.24, 2.45) is 11.7 Å². The Morgan fingerprint density at radius 2 is 1.74 bits per heavy atom. The lowest BCUT2D eigenvalue weighted by Crippen LogP contribution is -2.37. The third-order valence-corrected chi connectivity index (χ3v) is 5.40. The maximum Gasteiger partial charge on any atom is 0.0484 e. The van der Waals surface area contributed by atoms with E-state index in [0.29, 0.717) is 5.92 Å². The normalized spacial score (nSPS) is 18.0. The Balaban J connectivity index is 1.71. The van der Waals surface area contributed by atoms with Crippen molar-refractivity contribution in [1.82, 2.24) is 4.90 Å². The molecule has 1 unspecified atom stereocenters. The number of hydrogen-bond acceptors (Lipinski definition) is 2. The van der Waals surface area contributed by atoms with Crippen LogP contribution in [0.25, 0.3) is 11.1 Å². The van der Waals surface area contributed by atoms with Gasteiger partial charge in [0, 0.05) is 16.6 Å². The highest BCUT2D eigenvalue weighted by Gasteiger charge is 2.24. The van der Waals surface area contributed by atoms with Crippen LogP contribution in [0.15, 0.2) is 48.5 Å². The van der Waals surface area contributed by atoms with Crippen LogP contribution >= 0.6 is 11.6 Å². The van der Waals surface area contributed by atoms with Gasteiger partial charge in [0.2, 0.25) is 0 Å². The van der Waals surface area contributed by atoms with E-state index in [0.717, 1.165) is 22.7 Å². The largest absolute Gasteiger partial charge is 0.324 e. The van der Waals surface area contributed by atoms with Gasteiger partial charge in [0.1, 0.15) is 0 Å². The van der Waals surface area contributed by atoms with Crippen LogP contribution in [0, 0.1) is 5.92 Å². The minimum absolute atomic E-state index is 0.134. The fourth-order valence-corrected chi connectivity index (χ4v) is 3.73. The Labute approximate surface area is 144 Å². The summed E-state index contributed by atoms with van der Waals surface area (Å²) >= 11 is 6.28. The quantitative estimate of drug-likeness (QED) is 0.878. The van der Waals surface area contributed by atoms with Crippen molar-refractivity contribution in [3.05, 3.63) is 59.1 Å². The van der Waals surface area contributed by atoms with Crippen molar-refractivity contribution < 1.29 is 0 Å². The first kappa shape index (κ1) is 16.5. The summed E-state index contributed by atoms with van der Waals surface area (Å²) in [5.41, 5.74) is 9.98. The second-order valence-electron chi connectivity index (χ2n) is 6.40. The zero-order valence-electron chi connectivity index (χ0n) is 13.7. The number of benzene rings is 2. The Hall–Kier alpha value is -1.35. The SMILES string of the molecule is CCN1CCC(C(N)c2ccc(-c3ccccc3Cl)cc2)CC1. The van der Waals surface area contributed by atoms with Crippen molar-refractivity contribution >= 4 is 11.6 Å².